The van der Waals surface area contributed by atoms with E-state index in [9.17, 15) is 0 Å². The van der Waals surface area contributed by atoms with Crippen molar-refractivity contribution in [3.63, 3.8) is 0 Å². The molecule has 1 aliphatic rings. The molecule has 0 saturated carbocycles. The molecular weight excluding hydrogens is 701 g/mol. The fourth-order valence-electron chi connectivity index (χ4n) is 9.99. The van der Waals surface area contributed by atoms with Crippen LogP contribution in [0.4, 0.5) is 0 Å². The van der Waals surface area contributed by atoms with E-state index in [-0.39, 0.29) is 5.41 Å². The lowest BCUT2D eigenvalue weighted by Gasteiger charge is -2.21. The standard InChI is InChI=1S/C56H38N2/c1-56(2)48-24-14-13-22-43(48)46-33-47-53(34-49(46)56)58(52-30-29-45-42-21-10-9-19-40(42)41-20-11-12-23-44(41)54(45)55(47)52)39-27-25-37(26-28-39)51-32-38(35-15-5-3-6-16-35)31-50(57-51)36-17-7-4-8-18-36/h3-34H,1-2H3. The number of pyridine rings is 1. The average Bonchev–Trinajstić information content (AvgIpc) is 3.73. The lowest BCUT2D eigenvalue weighted by atomic mass is 9.82. The van der Waals surface area contributed by atoms with Gasteiger partial charge in [-0.15, -0.1) is 0 Å². The Bertz CT molecular complexity index is 3350. The maximum Gasteiger partial charge on any atom is 0.0715 e. The third-order valence-electron chi connectivity index (χ3n) is 12.8. The molecule has 0 spiro atoms. The summed E-state index contributed by atoms with van der Waals surface area (Å²) < 4.78 is 2.50. The van der Waals surface area contributed by atoms with Gasteiger partial charge in [-0.3, -0.25) is 0 Å². The number of hydrogen-bond acceptors (Lipinski definition) is 1. The zero-order valence-corrected chi connectivity index (χ0v) is 32.4. The molecule has 9 aromatic carbocycles. The summed E-state index contributed by atoms with van der Waals surface area (Å²) in [6, 6.07) is 71.1. The van der Waals surface area contributed by atoms with Gasteiger partial charge in [-0.05, 0) is 103 Å². The van der Waals surface area contributed by atoms with Crippen LogP contribution in [0.3, 0.4) is 0 Å². The van der Waals surface area contributed by atoms with Gasteiger partial charge in [0.2, 0.25) is 0 Å². The van der Waals surface area contributed by atoms with E-state index in [0.29, 0.717) is 0 Å². The minimum atomic E-state index is -0.123. The lowest BCUT2D eigenvalue weighted by molar-refractivity contribution is 0.661. The Hall–Kier alpha value is -7.29. The third-order valence-corrected chi connectivity index (χ3v) is 12.8. The van der Waals surface area contributed by atoms with Gasteiger partial charge in [-0.1, -0.05) is 166 Å². The number of hydrogen-bond donors (Lipinski definition) is 0. The predicted molar refractivity (Wildman–Crippen MR) is 245 cm³/mol. The molecule has 2 aromatic heterocycles. The van der Waals surface area contributed by atoms with Crippen molar-refractivity contribution in [1.82, 2.24) is 9.55 Å². The molecule has 0 bridgehead atoms. The van der Waals surface area contributed by atoms with E-state index >= 15 is 0 Å². The highest BCUT2D eigenvalue weighted by molar-refractivity contribution is 6.35. The average molecular weight is 739 g/mol. The summed E-state index contributed by atoms with van der Waals surface area (Å²) in [4.78, 5) is 5.25. The van der Waals surface area contributed by atoms with Crippen molar-refractivity contribution in [3.05, 3.63) is 205 Å². The summed E-state index contributed by atoms with van der Waals surface area (Å²) in [6.07, 6.45) is 0. The predicted octanol–water partition coefficient (Wildman–Crippen LogP) is 14.9. The van der Waals surface area contributed by atoms with Crippen molar-refractivity contribution in [2.75, 3.05) is 0 Å². The summed E-state index contributed by atoms with van der Waals surface area (Å²) in [5.74, 6) is 0. The van der Waals surface area contributed by atoms with E-state index in [4.69, 9.17) is 4.98 Å². The molecule has 0 aliphatic heterocycles. The first-order valence-corrected chi connectivity index (χ1v) is 20.2. The monoisotopic (exact) mass is 738 g/mol. The summed E-state index contributed by atoms with van der Waals surface area (Å²) in [5.41, 5.74) is 15.3. The van der Waals surface area contributed by atoms with Crippen molar-refractivity contribution in [3.8, 4) is 50.5 Å². The van der Waals surface area contributed by atoms with Crippen LogP contribution in [0.2, 0.25) is 0 Å². The van der Waals surface area contributed by atoms with Gasteiger partial charge in [0, 0.05) is 38.4 Å². The number of rotatable bonds is 4. The third kappa shape index (κ3) is 4.75. The van der Waals surface area contributed by atoms with Crippen LogP contribution in [0.25, 0.3) is 105 Å². The van der Waals surface area contributed by atoms with Crippen LogP contribution in [0.1, 0.15) is 25.0 Å². The van der Waals surface area contributed by atoms with Crippen molar-refractivity contribution in [1.29, 1.82) is 0 Å². The van der Waals surface area contributed by atoms with Gasteiger partial charge < -0.3 is 4.57 Å². The molecule has 0 atom stereocenters. The quantitative estimate of drug-likeness (QED) is 0.164. The summed E-state index contributed by atoms with van der Waals surface area (Å²) in [7, 11) is 0. The lowest BCUT2D eigenvalue weighted by Crippen LogP contribution is -2.14. The first-order valence-electron chi connectivity index (χ1n) is 20.2. The molecule has 0 unspecified atom stereocenters. The van der Waals surface area contributed by atoms with Crippen LogP contribution >= 0.6 is 0 Å². The van der Waals surface area contributed by atoms with Crippen LogP contribution in [0, 0.1) is 0 Å². The molecule has 0 N–H and O–H groups in total. The first kappa shape index (κ1) is 32.9. The maximum atomic E-state index is 5.25. The molecule has 0 radical (unpaired) electrons. The van der Waals surface area contributed by atoms with Crippen LogP contribution in [-0.4, -0.2) is 9.55 Å². The van der Waals surface area contributed by atoms with Crippen molar-refractivity contribution >= 4 is 54.1 Å². The molecule has 0 saturated heterocycles. The maximum absolute atomic E-state index is 5.25. The summed E-state index contributed by atoms with van der Waals surface area (Å²) in [6.45, 7) is 4.75. The minimum absolute atomic E-state index is 0.123. The fourth-order valence-corrected chi connectivity index (χ4v) is 9.99. The second kappa shape index (κ2) is 12.4. The second-order valence-electron chi connectivity index (χ2n) is 16.3. The van der Waals surface area contributed by atoms with E-state index < -0.39 is 0 Å². The van der Waals surface area contributed by atoms with Gasteiger partial charge >= 0.3 is 0 Å². The van der Waals surface area contributed by atoms with Gasteiger partial charge in [-0.25, -0.2) is 4.98 Å². The van der Waals surface area contributed by atoms with Crippen molar-refractivity contribution < 1.29 is 0 Å². The SMILES string of the molecule is CC1(C)c2ccccc2-c2cc3c4c5c6ccccc6c6ccccc6c5ccc4n(-c4ccc(-c5cc(-c6ccccc6)cc(-c6ccccc6)n5)cc4)c3cc21. The highest BCUT2D eigenvalue weighted by Crippen LogP contribution is 2.52. The van der Waals surface area contributed by atoms with E-state index in [1.807, 2.05) is 0 Å². The van der Waals surface area contributed by atoms with Gasteiger partial charge in [-0.2, -0.15) is 0 Å². The van der Waals surface area contributed by atoms with Crippen LogP contribution in [0.5, 0.6) is 0 Å². The van der Waals surface area contributed by atoms with Crippen LogP contribution in [-0.2, 0) is 5.41 Å². The van der Waals surface area contributed by atoms with E-state index in [1.165, 1.54) is 81.9 Å². The van der Waals surface area contributed by atoms with Crippen LogP contribution < -0.4 is 0 Å². The molecule has 11 aromatic rings. The Balaban J connectivity index is 1.13. The number of fused-ring (bicyclic) bond motifs is 13. The Morgan fingerprint density at radius 2 is 0.914 bits per heavy atom. The Morgan fingerprint density at radius 3 is 1.60 bits per heavy atom. The second-order valence-corrected chi connectivity index (χ2v) is 16.3. The highest BCUT2D eigenvalue weighted by Gasteiger charge is 2.36. The molecule has 2 heteroatoms. The molecule has 1 aliphatic carbocycles. The Kier molecular flexibility index (Phi) is 7.01. The number of nitrogens with zero attached hydrogens (tertiary/aromatic N) is 2. The minimum Gasteiger partial charge on any atom is -0.309 e. The fraction of sp³-hybridized carbons (Fsp3) is 0.0536. The van der Waals surface area contributed by atoms with Gasteiger partial charge in [0.25, 0.3) is 0 Å². The molecule has 272 valence electrons. The Labute approximate surface area is 337 Å². The zero-order valence-electron chi connectivity index (χ0n) is 32.4. The van der Waals surface area contributed by atoms with Crippen LogP contribution in [0.15, 0.2) is 194 Å². The highest BCUT2D eigenvalue weighted by atomic mass is 15.0. The van der Waals surface area contributed by atoms with Gasteiger partial charge in [0.1, 0.15) is 0 Å². The zero-order chi connectivity index (χ0) is 38.5. The van der Waals surface area contributed by atoms with Gasteiger partial charge in [0.15, 0.2) is 0 Å². The van der Waals surface area contributed by atoms with Gasteiger partial charge in [0.05, 0.1) is 22.4 Å². The normalized spacial score (nSPS) is 13.1. The molecule has 2 heterocycles. The number of benzene rings is 9. The molecular formula is C56H38N2. The molecule has 58 heavy (non-hydrogen) atoms. The van der Waals surface area contributed by atoms with E-state index in [0.717, 1.165) is 33.8 Å². The molecule has 12 rings (SSSR count). The first-order chi connectivity index (χ1) is 28.5. The summed E-state index contributed by atoms with van der Waals surface area (Å²) >= 11 is 0. The smallest absolute Gasteiger partial charge is 0.0715 e. The van der Waals surface area contributed by atoms with Crippen molar-refractivity contribution in [2.24, 2.45) is 0 Å². The Morgan fingerprint density at radius 1 is 0.362 bits per heavy atom. The molecule has 2 nitrogen and oxygen atoms in total. The number of aromatic nitrogens is 2. The summed E-state index contributed by atoms with van der Waals surface area (Å²) in [5, 5.41) is 10.3. The largest absolute Gasteiger partial charge is 0.309 e. The van der Waals surface area contributed by atoms with E-state index in [2.05, 4.69) is 213 Å². The molecule has 0 fully saturated rings. The van der Waals surface area contributed by atoms with Crippen molar-refractivity contribution in [2.45, 2.75) is 19.3 Å². The topological polar surface area (TPSA) is 17.8 Å². The molecule has 0 amide bonds. The van der Waals surface area contributed by atoms with E-state index in [1.54, 1.807) is 0 Å².